The van der Waals surface area contributed by atoms with E-state index in [1.54, 1.807) is 6.92 Å². The number of esters is 1. The number of carbonyl (C=O) groups excluding carboxylic acids is 1. The van der Waals surface area contributed by atoms with E-state index in [9.17, 15) is 27.2 Å². The third kappa shape index (κ3) is 4.43. The van der Waals surface area contributed by atoms with Crippen LogP contribution in [0.4, 0.5) is 4.39 Å². The summed E-state index contributed by atoms with van der Waals surface area (Å²) in [6.45, 7) is 1.46. The summed E-state index contributed by atoms with van der Waals surface area (Å²) >= 11 is 7.01. The maximum Gasteiger partial charge on any atom is 0.351 e. The van der Waals surface area contributed by atoms with Gasteiger partial charge in [-0.15, -0.1) is 11.8 Å². The minimum atomic E-state index is -3.38. The van der Waals surface area contributed by atoms with Crippen LogP contribution < -0.4 is 11.4 Å². The van der Waals surface area contributed by atoms with Crippen molar-refractivity contribution in [2.45, 2.75) is 24.9 Å². The van der Waals surface area contributed by atoms with Gasteiger partial charge in [-0.05, 0) is 19.1 Å². The highest BCUT2D eigenvalue weighted by atomic mass is 35.5. The quantitative estimate of drug-likeness (QED) is 0.471. The molecule has 158 valence electrons. The minimum absolute atomic E-state index is 0.0144. The summed E-state index contributed by atoms with van der Waals surface area (Å²) in [5.74, 6) is -2.06. The van der Waals surface area contributed by atoms with E-state index in [0.717, 1.165) is 27.2 Å². The maximum absolute atomic E-state index is 14.6. The van der Waals surface area contributed by atoms with Crippen LogP contribution in [0.1, 0.15) is 6.92 Å². The molecule has 0 unspecified atom stereocenters. The zero-order valence-corrected chi connectivity index (χ0v) is 17.6. The molecule has 13 heteroatoms. The van der Waals surface area contributed by atoms with Crippen LogP contribution in [0.25, 0.3) is 5.69 Å². The number of nitrogens with zero attached hydrogens (tertiary/aromatic N) is 3. The SMILES string of the molecule is CCOC(=O)CSc1cc(-n2c(=O)n3n(c2=O)CCS(=O)(=O)CC3)c(F)cc1Cl. The fourth-order valence-electron chi connectivity index (χ4n) is 2.85. The van der Waals surface area contributed by atoms with Crippen molar-refractivity contribution in [2.24, 2.45) is 0 Å². The van der Waals surface area contributed by atoms with E-state index in [-0.39, 0.29) is 52.6 Å². The van der Waals surface area contributed by atoms with Gasteiger partial charge in [-0.2, -0.15) is 0 Å². The number of aromatic nitrogens is 3. The number of hydrogen-bond acceptors (Lipinski definition) is 7. The van der Waals surface area contributed by atoms with Crippen molar-refractivity contribution in [3.8, 4) is 5.69 Å². The van der Waals surface area contributed by atoms with Crippen LogP contribution in [0.3, 0.4) is 0 Å². The second-order valence-electron chi connectivity index (χ2n) is 6.13. The average molecular weight is 466 g/mol. The molecule has 29 heavy (non-hydrogen) atoms. The third-order valence-electron chi connectivity index (χ3n) is 4.24. The number of carbonyl (C=O) groups is 1. The summed E-state index contributed by atoms with van der Waals surface area (Å²) < 4.78 is 45.6. The fraction of sp³-hybridized carbons (Fsp3) is 0.438. The highest BCUT2D eigenvalue weighted by molar-refractivity contribution is 8.00. The molecular weight excluding hydrogens is 449 g/mol. The van der Waals surface area contributed by atoms with E-state index < -0.39 is 33.0 Å². The van der Waals surface area contributed by atoms with Crippen LogP contribution in [0.15, 0.2) is 26.6 Å². The molecule has 9 nitrogen and oxygen atoms in total. The van der Waals surface area contributed by atoms with Gasteiger partial charge in [-0.1, -0.05) is 11.6 Å². The second kappa shape index (κ2) is 8.36. The summed E-state index contributed by atoms with van der Waals surface area (Å²) in [4.78, 5) is 37.3. The number of rotatable bonds is 5. The van der Waals surface area contributed by atoms with Gasteiger partial charge in [0.05, 0.1) is 47.7 Å². The van der Waals surface area contributed by atoms with E-state index in [2.05, 4.69) is 0 Å². The molecule has 0 saturated carbocycles. The first-order chi connectivity index (χ1) is 13.6. The third-order valence-corrected chi connectivity index (χ3v) is 7.30. The van der Waals surface area contributed by atoms with E-state index in [1.165, 1.54) is 6.07 Å². The number of fused-ring (bicyclic) bond motifs is 1. The predicted molar refractivity (Wildman–Crippen MR) is 105 cm³/mol. The molecule has 1 aliphatic heterocycles. The molecule has 1 aromatic carbocycles. The first-order valence-electron chi connectivity index (χ1n) is 8.55. The molecule has 0 radical (unpaired) electrons. The van der Waals surface area contributed by atoms with Crippen molar-refractivity contribution in [3.05, 3.63) is 43.9 Å². The average Bonchev–Trinajstić information content (AvgIpc) is 2.76. The topological polar surface area (TPSA) is 109 Å². The normalized spacial score (nSPS) is 15.6. The Balaban J connectivity index is 2.04. The van der Waals surface area contributed by atoms with E-state index in [4.69, 9.17) is 16.3 Å². The van der Waals surface area contributed by atoms with Crippen LogP contribution in [0.2, 0.25) is 5.02 Å². The lowest BCUT2D eigenvalue weighted by atomic mass is 10.3. The van der Waals surface area contributed by atoms with Gasteiger partial charge < -0.3 is 4.74 Å². The highest BCUT2D eigenvalue weighted by Gasteiger charge is 2.26. The van der Waals surface area contributed by atoms with Gasteiger partial charge in [-0.3, -0.25) is 4.79 Å². The molecule has 0 spiro atoms. The Morgan fingerprint density at radius 3 is 2.34 bits per heavy atom. The number of sulfone groups is 1. The molecule has 2 heterocycles. The van der Waals surface area contributed by atoms with Crippen molar-refractivity contribution in [1.82, 2.24) is 13.9 Å². The zero-order valence-electron chi connectivity index (χ0n) is 15.3. The summed E-state index contributed by atoms with van der Waals surface area (Å²) in [6, 6.07) is 2.16. The molecule has 1 aromatic heterocycles. The lowest BCUT2D eigenvalue weighted by molar-refractivity contribution is -0.139. The number of halogens is 2. The standard InChI is InChI=1S/C16H17ClFN3O6S2/c1-2-27-14(22)9-28-13-8-12(11(18)7-10(13)17)21-15(23)19-3-5-29(25,26)6-4-20(19)16(21)24/h7-8H,2-6,9H2,1H3. The molecule has 0 fully saturated rings. The molecule has 3 rings (SSSR count). The van der Waals surface area contributed by atoms with Crippen LogP contribution in [0, 0.1) is 5.82 Å². The Labute approximate surface area is 173 Å². The first kappa shape index (κ1) is 21.7. The molecular formula is C16H17ClFN3O6S2. The Kier molecular flexibility index (Phi) is 6.24. The number of ether oxygens (including phenoxy) is 1. The molecule has 0 bridgehead atoms. The van der Waals surface area contributed by atoms with E-state index >= 15 is 0 Å². The minimum Gasteiger partial charge on any atom is -0.465 e. The smallest absolute Gasteiger partial charge is 0.351 e. The summed E-state index contributed by atoms with van der Waals surface area (Å²) in [5, 5.41) is 0.0144. The first-order valence-corrected chi connectivity index (χ1v) is 11.7. The molecule has 0 amide bonds. The van der Waals surface area contributed by atoms with Crippen molar-refractivity contribution in [1.29, 1.82) is 0 Å². The predicted octanol–water partition coefficient (Wildman–Crippen LogP) is 0.677. The molecule has 1 aliphatic rings. The van der Waals surface area contributed by atoms with E-state index in [1.807, 2.05) is 0 Å². The van der Waals surface area contributed by atoms with Gasteiger partial charge in [0, 0.05) is 4.90 Å². The zero-order chi connectivity index (χ0) is 21.3. The van der Waals surface area contributed by atoms with Crippen molar-refractivity contribution < 1.29 is 22.3 Å². The second-order valence-corrected chi connectivity index (χ2v) is 9.85. The van der Waals surface area contributed by atoms with Crippen molar-refractivity contribution >= 4 is 39.2 Å². The number of thioether (sulfide) groups is 1. The Morgan fingerprint density at radius 1 is 1.21 bits per heavy atom. The fourth-order valence-corrected chi connectivity index (χ4v) is 5.02. The molecule has 2 aromatic rings. The van der Waals surface area contributed by atoms with Gasteiger partial charge in [0.1, 0.15) is 5.82 Å². The Bertz CT molecular complexity index is 1140. The van der Waals surface area contributed by atoms with Crippen LogP contribution >= 0.6 is 23.4 Å². The molecule has 0 N–H and O–H groups in total. The Hall–Kier alpha value is -2.05. The highest BCUT2D eigenvalue weighted by Crippen LogP contribution is 2.30. The number of hydrogen-bond donors (Lipinski definition) is 0. The van der Waals surface area contributed by atoms with Crippen LogP contribution in [-0.2, 0) is 32.5 Å². The molecule has 0 saturated heterocycles. The summed E-state index contributed by atoms with van der Waals surface area (Å²) in [5.41, 5.74) is -2.03. The lowest BCUT2D eigenvalue weighted by Gasteiger charge is -2.08. The van der Waals surface area contributed by atoms with E-state index in [0.29, 0.717) is 4.57 Å². The van der Waals surface area contributed by atoms with Gasteiger partial charge in [0.25, 0.3) is 0 Å². The van der Waals surface area contributed by atoms with Crippen molar-refractivity contribution in [3.63, 3.8) is 0 Å². The summed E-state index contributed by atoms with van der Waals surface area (Å²) in [6.07, 6.45) is 0. The summed E-state index contributed by atoms with van der Waals surface area (Å²) in [7, 11) is -3.38. The van der Waals surface area contributed by atoms with Crippen LogP contribution in [0.5, 0.6) is 0 Å². The number of benzene rings is 1. The molecule has 0 atom stereocenters. The van der Waals surface area contributed by atoms with Crippen LogP contribution in [-0.4, -0.2) is 52.2 Å². The molecule has 0 aliphatic carbocycles. The van der Waals surface area contributed by atoms with Gasteiger partial charge in [0.2, 0.25) is 0 Å². The van der Waals surface area contributed by atoms with Gasteiger partial charge in [-0.25, -0.2) is 36.3 Å². The largest absolute Gasteiger partial charge is 0.465 e. The van der Waals surface area contributed by atoms with Gasteiger partial charge in [0.15, 0.2) is 9.84 Å². The lowest BCUT2D eigenvalue weighted by Crippen LogP contribution is -2.30. The monoisotopic (exact) mass is 465 g/mol. The van der Waals surface area contributed by atoms with Crippen molar-refractivity contribution in [2.75, 3.05) is 23.9 Å². The Morgan fingerprint density at radius 2 is 1.79 bits per heavy atom. The van der Waals surface area contributed by atoms with Gasteiger partial charge >= 0.3 is 17.3 Å². The maximum atomic E-state index is 14.6.